The number of ether oxygens (including phenoxy) is 1. The molecule has 1 aliphatic carbocycles. The number of terminal acetylenes is 1. The van der Waals surface area contributed by atoms with Gasteiger partial charge in [0.1, 0.15) is 12.1 Å². The van der Waals surface area contributed by atoms with E-state index in [-0.39, 0.29) is 6.54 Å². The summed E-state index contributed by atoms with van der Waals surface area (Å²) >= 11 is 0. The first kappa shape index (κ1) is 18.5. The predicted octanol–water partition coefficient (Wildman–Crippen LogP) is 0.0626. The van der Waals surface area contributed by atoms with Crippen LogP contribution >= 0.6 is 0 Å². The Hall–Kier alpha value is -3.34. The number of aryl methyl sites for hydroxylation is 1. The lowest BCUT2D eigenvalue weighted by Crippen LogP contribution is -2.46. The summed E-state index contributed by atoms with van der Waals surface area (Å²) < 4.78 is 4.81. The lowest BCUT2D eigenvalue weighted by Gasteiger charge is -2.33. The number of esters is 1. The Kier molecular flexibility index (Phi) is 5.12. The zero-order chi connectivity index (χ0) is 19.4. The molecule has 27 heavy (non-hydrogen) atoms. The number of carbonyl (C=O) groups excluding carboxylic acids is 4. The van der Waals surface area contributed by atoms with Crippen LogP contribution in [-0.4, -0.2) is 48.4 Å². The zero-order valence-corrected chi connectivity index (χ0v) is 14.6. The first-order valence-electron chi connectivity index (χ1n) is 8.56. The number of urea groups is 1. The van der Waals surface area contributed by atoms with Crippen LogP contribution in [0.3, 0.4) is 0 Å². The number of hydrogen-bond acceptors (Lipinski definition) is 5. The minimum atomic E-state index is -1.14. The first-order chi connectivity index (χ1) is 13.0. The second-order valence-corrected chi connectivity index (χ2v) is 6.38. The van der Waals surface area contributed by atoms with Crippen LogP contribution in [0.5, 0.6) is 0 Å². The molecule has 0 unspecified atom stereocenters. The van der Waals surface area contributed by atoms with Crippen molar-refractivity contribution in [3.8, 4) is 12.3 Å². The molecule has 4 amide bonds. The number of fused-ring (bicyclic) bond motifs is 2. The van der Waals surface area contributed by atoms with Crippen molar-refractivity contribution >= 4 is 23.8 Å². The van der Waals surface area contributed by atoms with Gasteiger partial charge in [-0.3, -0.25) is 19.3 Å². The van der Waals surface area contributed by atoms with Gasteiger partial charge in [0.05, 0.1) is 6.54 Å². The van der Waals surface area contributed by atoms with E-state index in [4.69, 9.17) is 11.2 Å². The smallest absolute Gasteiger partial charge is 0.326 e. The van der Waals surface area contributed by atoms with Gasteiger partial charge in [-0.2, -0.15) is 0 Å². The highest BCUT2D eigenvalue weighted by Gasteiger charge is 2.54. The molecule has 0 radical (unpaired) electrons. The number of nitrogens with one attached hydrogen (secondary N) is 2. The minimum Gasteiger partial charge on any atom is -0.454 e. The van der Waals surface area contributed by atoms with Crippen molar-refractivity contribution in [2.75, 3.05) is 19.7 Å². The molecule has 1 aromatic rings. The fourth-order valence-electron chi connectivity index (χ4n) is 3.48. The summed E-state index contributed by atoms with van der Waals surface area (Å²) in [7, 11) is 0. The zero-order valence-electron chi connectivity index (χ0n) is 14.6. The van der Waals surface area contributed by atoms with E-state index in [0.717, 1.165) is 28.9 Å². The van der Waals surface area contributed by atoms with Gasteiger partial charge in [-0.15, -0.1) is 6.42 Å². The molecule has 1 atom stereocenters. The highest BCUT2D eigenvalue weighted by atomic mass is 16.5. The van der Waals surface area contributed by atoms with Gasteiger partial charge in [-0.25, -0.2) is 4.79 Å². The number of imide groups is 1. The van der Waals surface area contributed by atoms with Crippen LogP contribution in [0.1, 0.15) is 24.0 Å². The summed E-state index contributed by atoms with van der Waals surface area (Å²) in [5.41, 5.74) is 0.627. The summed E-state index contributed by atoms with van der Waals surface area (Å²) in [6.45, 7) is -1.07. The Morgan fingerprint density at radius 1 is 1.33 bits per heavy atom. The van der Waals surface area contributed by atoms with E-state index in [2.05, 4.69) is 16.6 Å². The van der Waals surface area contributed by atoms with Gasteiger partial charge in [-0.1, -0.05) is 30.2 Å². The third-order valence-corrected chi connectivity index (χ3v) is 4.69. The molecular weight excluding hydrogens is 350 g/mol. The van der Waals surface area contributed by atoms with E-state index in [1.54, 1.807) is 0 Å². The van der Waals surface area contributed by atoms with Gasteiger partial charge in [0, 0.05) is 0 Å². The molecule has 1 spiro atoms. The van der Waals surface area contributed by atoms with Crippen molar-refractivity contribution < 1.29 is 23.9 Å². The second-order valence-electron chi connectivity index (χ2n) is 6.38. The maximum Gasteiger partial charge on any atom is 0.326 e. The summed E-state index contributed by atoms with van der Waals surface area (Å²) in [5.74, 6) is 0.331. The Balaban J connectivity index is 1.68. The first-order valence-corrected chi connectivity index (χ1v) is 8.56. The van der Waals surface area contributed by atoms with Crippen LogP contribution in [0, 0.1) is 12.3 Å². The van der Waals surface area contributed by atoms with Gasteiger partial charge in [-0.05, 0) is 30.4 Å². The third kappa shape index (κ3) is 3.49. The van der Waals surface area contributed by atoms with Crippen LogP contribution in [0.15, 0.2) is 24.3 Å². The van der Waals surface area contributed by atoms with Crippen LogP contribution < -0.4 is 10.6 Å². The maximum atomic E-state index is 13.0. The van der Waals surface area contributed by atoms with E-state index in [1.165, 1.54) is 0 Å². The molecular formula is C19H19N3O5. The fraction of sp³-hybridized carbons (Fsp3) is 0.368. The molecule has 8 nitrogen and oxygen atoms in total. The molecule has 0 bridgehead atoms. The predicted molar refractivity (Wildman–Crippen MR) is 94.1 cm³/mol. The van der Waals surface area contributed by atoms with Crippen LogP contribution in [0.25, 0.3) is 0 Å². The van der Waals surface area contributed by atoms with Crippen LogP contribution in [0.2, 0.25) is 0 Å². The molecule has 1 aliphatic heterocycles. The molecule has 1 heterocycles. The molecule has 0 saturated carbocycles. The molecule has 1 aromatic carbocycles. The van der Waals surface area contributed by atoms with E-state index < -0.39 is 42.5 Å². The number of carbonyl (C=O) groups is 4. The van der Waals surface area contributed by atoms with Crippen LogP contribution in [0.4, 0.5) is 4.79 Å². The van der Waals surface area contributed by atoms with Gasteiger partial charge < -0.3 is 15.4 Å². The minimum absolute atomic E-state index is 0.0192. The molecule has 2 aliphatic rings. The van der Waals surface area contributed by atoms with Gasteiger partial charge in [0.15, 0.2) is 6.61 Å². The summed E-state index contributed by atoms with van der Waals surface area (Å²) in [5, 5.41) is 5.10. The normalized spacial score (nSPS) is 20.6. The van der Waals surface area contributed by atoms with Crippen LogP contribution in [-0.2, 0) is 31.1 Å². The number of rotatable bonds is 5. The number of nitrogens with zero attached hydrogens (tertiary/aromatic N) is 1. The number of hydrogen-bond donors (Lipinski definition) is 2. The van der Waals surface area contributed by atoms with Crippen molar-refractivity contribution in [1.29, 1.82) is 0 Å². The summed E-state index contributed by atoms with van der Waals surface area (Å²) in [6.07, 6.45) is 7.06. The molecule has 2 N–H and O–H groups in total. The SMILES string of the molecule is C#CCNC(=O)COC(=O)CN1C(=O)N[C@]2(CCCc3ccccc32)C1=O. The number of benzene rings is 1. The Bertz CT molecular complexity index is 844. The molecule has 140 valence electrons. The highest BCUT2D eigenvalue weighted by molar-refractivity contribution is 6.09. The van der Waals surface area contributed by atoms with Gasteiger partial charge in [0.2, 0.25) is 0 Å². The Morgan fingerprint density at radius 2 is 2.11 bits per heavy atom. The Morgan fingerprint density at radius 3 is 2.89 bits per heavy atom. The second kappa shape index (κ2) is 7.50. The lowest BCUT2D eigenvalue weighted by atomic mass is 9.76. The van der Waals surface area contributed by atoms with Gasteiger partial charge in [0.25, 0.3) is 11.8 Å². The largest absolute Gasteiger partial charge is 0.454 e. The average molecular weight is 369 g/mol. The topological polar surface area (TPSA) is 105 Å². The maximum absolute atomic E-state index is 13.0. The van der Waals surface area contributed by atoms with E-state index >= 15 is 0 Å². The summed E-state index contributed by atoms with van der Waals surface area (Å²) in [4.78, 5) is 49.6. The van der Waals surface area contributed by atoms with E-state index in [1.807, 2.05) is 24.3 Å². The average Bonchev–Trinajstić information content (AvgIpc) is 2.90. The molecule has 1 saturated heterocycles. The van der Waals surface area contributed by atoms with Gasteiger partial charge >= 0.3 is 12.0 Å². The number of amides is 4. The standard InChI is InChI=1S/C19H19N3O5/c1-2-10-20-15(23)12-27-16(24)11-22-17(25)19(21-18(22)26)9-5-7-13-6-3-4-8-14(13)19/h1,3-4,6,8H,5,7,9-12H2,(H,20,23)(H,21,26)/t19-/m0/s1. The lowest BCUT2D eigenvalue weighted by molar-refractivity contribution is -0.151. The third-order valence-electron chi connectivity index (χ3n) is 4.69. The monoisotopic (exact) mass is 369 g/mol. The van der Waals surface area contributed by atoms with Crippen molar-refractivity contribution in [3.63, 3.8) is 0 Å². The quantitative estimate of drug-likeness (QED) is 0.434. The van der Waals surface area contributed by atoms with Crippen molar-refractivity contribution in [1.82, 2.24) is 15.5 Å². The van der Waals surface area contributed by atoms with Crippen molar-refractivity contribution in [2.24, 2.45) is 0 Å². The van der Waals surface area contributed by atoms with E-state index in [9.17, 15) is 19.2 Å². The molecule has 1 fully saturated rings. The van der Waals surface area contributed by atoms with E-state index in [0.29, 0.717) is 6.42 Å². The highest BCUT2D eigenvalue weighted by Crippen LogP contribution is 2.39. The van der Waals surface area contributed by atoms with Crippen molar-refractivity contribution in [2.45, 2.75) is 24.8 Å². The Labute approximate surface area is 156 Å². The molecule has 0 aromatic heterocycles. The molecule has 3 rings (SSSR count). The fourth-order valence-corrected chi connectivity index (χ4v) is 3.48. The summed E-state index contributed by atoms with van der Waals surface area (Å²) in [6, 6.07) is 6.81. The molecule has 8 heteroatoms. The van der Waals surface area contributed by atoms with Crippen molar-refractivity contribution in [3.05, 3.63) is 35.4 Å².